The van der Waals surface area contributed by atoms with E-state index in [0.717, 1.165) is 27.9 Å². The maximum atomic E-state index is 12.1. The van der Waals surface area contributed by atoms with E-state index in [0.29, 0.717) is 12.4 Å². The Labute approximate surface area is 128 Å². The van der Waals surface area contributed by atoms with Gasteiger partial charge in [-0.25, -0.2) is 4.98 Å². The number of nitrogens with one attached hydrogen (secondary N) is 1. The van der Waals surface area contributed by atoms with Gasteiger partial charge in [0.1, 0.15) is 5.76 Å². The molecule has 5 heteroatoms. The molecule has 1 aromatic carbocycles. The number of aryl methyl sites for hydroxylation is 2. The number of amides is 1. The number of rotatable bonds is 4. The number of aromatic nitrogens is 2. The third-order valence-electron chi connectivity index (χ3n) is 3.58. The van der Waals surface area contributed by atoms with Crippen molar-refractivity contribution in [2.45, 2.75) is 26.8 Å². The quantitative estimate of drug-likeness (QED) is 0.803. The van der Waals surface area contributed by atoms with Crippen LogP contribution in [-0.2, 0) is 17.8 Å². The monoisotopic (exact) mass is 295 g/mol. The van der Waals surface area contributed by atoms with Gasteiger partial charge in [-0.3, -0.25) is 9.78 Å². The summed E-state index contributed by atoms with van der Waals surface area (Å²) in [5.41, 5.74) is 2.63. The van der Waals surface area contributed by atoms with Gasteiger partial charge in [0.2, 0.25) is 11.8 Å². The molecule has 1 N–H and O–H groups in total. The summed E-state index contributed by atoms with van der Waals surface area (Å²) in [5.74, 6) is 1.23. The average molecular weight is 295 g/mol. The lowest BCUT2D eigenvalue weighted by atomic mass is 10.1. The molecule has 112 valence electrons. The fourth-order valence-corrected chi connectivity index (χ4v) is 2.33. The van der Waals surface area contributed by atoms with E-state index in [1.165, 1.54) is 0 Å². The Morgan fingerprint density at radius 2 is 2.05 bits per heavy atom. The fraction of sp³-hybridized carbons (Fsp3) is 0.235. The van der Waals surface area contributed by atoms with Crippen molar-refractivity contribution in [3.8, 4) is 0 Å². The van der Waals surface area contributed by atoms with Crippen LogP contribution in [0.3, 0.4) is 0 Å². The lowest BCUT2D eigenvalue weighted by Crippen LogP contribution is -2.24. The SMILES string of the molecule is Cc1nc(CNC(=O)Cc2cccc3cccnc23)oc1C. The van der Waals surface area contributed by atoms with Crippen molar-refractivity contribution >= 4 is 16.8 Å². The standard InChI is InChI=1S/C17H17N3O2/c1-11-12(2)22-16(20-11)10-19-15(21)9-14-6-3-5-13-7-4-8-18-17(13)14/h3-8H,9-10H2,1-2H3,(H,19,21). The summed E-state index contributed by atoms with van der Waals surface area (Å²) in [6.07, 6.45) is 2.02. The maximum Gasteiger partial charge on any atom is 0.224 e. The minimum atomic E-state index is -0.0772. The highest BCUT2D eigenvalue weighted by atomic mass is 16.4. The van der Waals surface area contributed by atoms with Crippen LogP contribution < -0.4 is 5.32 Å². The summed E-state index contributed by atoms with van der Waals surface area (Å²) < 4.78 is 5.45. The predicted octanol–water partition coefficient (Wildman–Crippen LogP) is 2.70. The molecule has 0 unspecified atom stereocenters. The molecule has 2 heterocycles. The van der Waals surface area contributed by atoms with Gasteiger partial charge in [0.05, 0.1) is 24.2 Å². The Hall–Kier alpha value is -2.69. The second-order valence-electron chi connectivity index (χ2n) is 5.19. The molecule has 0 saturated carbocycles. The van der Waals surface area contributed by atoms with E-state index in [9.17, 15) is 4.79 Å². The zero-order valence-electron chi connectivity index (χ0n) is 12.6. The van der Waals surface area contributed by atoms with E-state index >= 15 is 0 Å². The third kappa shape index (κ3) is 2.98. The van der Waals surface area contributed by atoms with Crippen LogP contribution in [0, 0.1) is 13.8 Å². The molecule has 0 aliphatic heterocycles. The lowest BCUT2D eigenvalue weighted by molar-refractivity contribution is -0.120. The maximum absolute atomic E-state index is 12.1. The van der Waals surface area contributed by atoms with Gasteiger partial charge in [0.25, 0.3) is 0 Å². The van der Waals surface area contributed by atoms with Gasteiger partial charge >= 0.3 is 0 Å². The van der Waals surface area contributed by atoms with Crippen LogP contribution in [0.15, 0.2) is 40.9 Å². The van der Waals surface area contributed by atoms with E-state index < -0.39 is 0 Å². The molecule has 0 aliphatic rings. The highest BCUT2D eigenvalue weighted by Gasteiger charge is 2.10. The fourth-order valence-electron chi connectivity index (χ4n) is 2.33. The summed E-state index contributed by atoms with van der Waals surface area (Å²) in [5, 5.41) is 3.86. The number of carbonyl (C=O) groups is 1. The van der Waals surface area contributed by atoms with E-state index in [1.54, 1.807) is 6.20 Å². The van der Waals surface area contributed by atoms with Gasteiger partial charge in [-0.1, -0.05) is 24.3 Å². The minimum Gasteiger partial charge on any atom is -0.444 e. The average Bonchev–Trinajstić information content (AvgIpc) is 2.84. The van der Waals surface area contributed by atoms with Gasteiger partial charge in [-0.2, -0.15) is 0 Å². The number of pyridine rings is 1. The van der Waals surface area contributed by atoms with E-state index in [4.69, 9.17) is 4.42 Å². The van der Waals surface area contributed by atoms with Crippen molar-refractivity contribution in [3.63, 3.8) is 0 Å². The van der Waals surface area contributed by atoms with Crippen molar-refractivity contribution in [3.05, 3.63) is 59.4 Å². The van der Waals surface area contributed by atoms with Gasteiger partial charge in [0.15, 0.2) is 0 Å². The van der Waals surface area contributed by atoms with Crippen molar-refractivity contribution in [2.75, 3.05) is 0 Å². The Balaban J connectivity index is 1.68. The summed E-state index contributed by atoms with van der Waals surface area (Å²) in [6.45, 7) is 4.03. The second kappa shape index (κ2) is 5.97. The van der Waals surface area contributed by atoms with E-state index in [1.807, 2.05) is 44.2 Å². The number of oxazole rings is 1. The van der Waals surface area contributed by atoms with Gasteiger partial charge in [0, 0.05) is 11.6 Å². The predicted molar refractivity (Wildman–Crippen MR) is 83.3 cm³/mol. The lowest BCUT2D eigenvalue weighted by Gasteiger charge is -2.06. The zero-order valence-corrected chi connectivity index (χ0v) is 12.6. The number of hydrogen-bond donors (Lipinski definition) is 1. The van der Waals surface area contributed by atoms with E-state index in [-0.39, 0.29) is 12.3 Å². The number of hydrogen-bond acceptors (Lipinski definition) is 4. The molecule has 5 nitrogen and oxygen atoms in total. The number of para-hydroxylation sites is 1. The van der Waals surface area contributed by atoms with Crippen molar-refractivity contribution in [2.24, 2.45) is 0 Å². The molecule has 2 aromatic heterocycles. The molecular formula is C17H17N3O2. The smallest absolute Gasteiger partial charge is 0.224 e. The molecule has 0 bridgehead atoms. The molecule has 3 aromatic rings. The second-order valence-corrected chi connectivity index (χ2v) is 5.19. The molecule has 0 atom stereocenters. The molecular weight excluding hydrogens is 278 g/mol. The van der Waals surface area contributed by atoms with Crippen molar-refractivity contribution in [1.82, 2.24) is 15.3 Å². The molecule has 0 saturated heterocycles. The highest BCUT2D eigenvalue weighted by molar-refractivity contribution is 5.87. The normalized spacial score (nSPS) is 10.8. The highest BCUT2D eigenvalue weighted by Crippen LogP contribution is 2.16. The van der Waals surface area contributed by atoms with E-state index in [2.05, 4.69) is 15.3 Å². The summed E-state index contributed by atoms with van der Waals surface area (Å²) in [4.78, 5) is 20.7. The first kappa shape index (κ1) is 14.3. The Bertz CT molecular complexity index is 799. The van der Waals surface area contributed by atoms with Crippen molar-refractivity contribution < 1.29 is 9.21 Å². The topological polar surface area (TPSA) is 68.0 Å². The van der Waals surface area contributed by atoms with Gasteiger partial charge in [-0.05, 0) is 25.5 Å². The van der Waals surface area contributed by atoms with Crippen LogP contribution in [0.4, 0.5) is 0 Å². The summed E-state index contributed by atoms with van der Waals surface area (Å²) >= 11 is 0. The number of nitrogens with zero attached hydrogens (tertiary/aromatic N) is 2. The molecule has 22 heavy (non-hydrogen) atoms. The Morgan fingerprint density at radius 1 is 1.23 bits per heavy atom. The first-order chi connectivity index (χ1) is 10.6. The first-order valence-electron chi connectivity index (χ1n) is 7.15. The largest absolute Gasteiger partial charge is 0.444 e. The van der Waals surface area contributed by atoms with Crippen LogP contribution in [0.2, 0.25) is 0 Å². The molecule has 0 radical (unpaired) electrons. The minimum absolute atomic E-state index is 0.0772. The molecule has 0 fully saturated rings. The summed E-state index contributed by atoms with van der Waals surface area (Å²) in [7, 11) is 0. The Kier molecular flexibility index (Phi) is 3.87. The first-order valence-corrected chi connectivity index (χ1v) is 7.15. The van der Waals surface area contributed by atoms with Crippen LogP contribution in [0.25, 0.3) is 10.9 Å². The molecule has 0 aliphatic carbocycles. The van der Waals surface area contributed by atoms with Crippen molar-refractivity contribution in [1.29, 1.82) is 0 Å². The van der Waals surface area contributed by atoms with Crippen LogP contribution in [0.1, 0.15) is 22.9 Å². The molecule has 1 amide bonds. The molecule has 0 spiro atoms. The number of benzene rings is 1. The molecule has 3 rings (SSSR count). The van der Waals surface area contributed by atoms with Crippen LogP contribution >= 0.6 is 0 Å². The third-order valence-corrected chi connectivity index (χ3v) is 3.58. The zero-order chi connectivity index (χ0) is 15.5. The number of carbonyl (C=O) groups excluding carboxylic acids is 1. The summed E-state index contributed by atoms with van der Waals surface area (Å²) in [6, 6.07) is 9.73. The Morgan fingerprint density at radius 3 is 2.82 bits per heavy atom. The van der Waals surface area contributed by atoms with Crippen LogP contribution in [0.5, 0.6) is 0 Å². The van der Waals surface area contributed by atoms with Gasteiger partial charge in [-0.15, -0.1) is 0 Å². The number of fused-ring (bicyclic) bond motifs is 1. The van der Waals surface area contributed by atoms with Gasteiger partial charge < -0.3 is 9.73 Å². The van der Waals surface area contributed by atoms with Crippen LogP contribution in [-0.4, -0.2) is 15.9 Å².